The van der Waals surface area contributed by atoms with Crippen LogP contribution in [0.4, 0.5) is 0 Å². The van der Waals surface area contributed by atoms with Crippen LogP contribution in [0.25, 0.3) is 0 Å². The molecule has 26 heavy (non-hydrogen) atoms. The number of thiocarbonyl (C=S) groups is 1. The molecule has 0 aliphatic carbocycles. The Kier molecular flexibility index (Phi) is 7.59. The average Bonchev–Trinajstić information content (AvgIpc) is 2.91. The lowest BCUT2D eigenvalue weighted by Crippen LogP contribution is -2.47. The molecule has 0 spiro atoms. The first-order valence-corrected chi connectivity index (χ1v) is 9.35. The van der Waals surface area contributed by atoms with E-state index in [-0.39, 0.29) is 5.91 Å². The molecular formula is C19H27N5OS. The highest BCUT2D eigenvalue weighted by molar-refractivity contribution is 7.80. The molecule has 2 aromatic rings. The van der Waals surface area contributed by atoms with E-state index in [4.69, 9.17) is 12.2 Å². The Bertz CT molecular complexity index is 742. The van der Waals surface area contributed by atoms with E-state index in [1.165, 1.54) is 0 Å². The van der Waals surface area contributed by atoms with Crippen molar-refractivity contribution >= 4 is 23.2 Å². The minimum atomic E-state index is -0.239. The van der Waals surface area contributed by atoms with Crippen molar-refractivity contribution in [2.24, 2.45) is 0 Å². The molecule has 0 aliphatic heterocycles. The fourth-order valence-corrected chi connectivity index (χ4v) is 2.89. The van der Waals surface area contributed by atoms with E-state index in [0.29, 0.717) is 22.9 Å². The third-order valence-electron chi connectivity index (χ3n) is 4.14. The Hall–Kier alpha value is -2.41. The van der Waals surface area contributed by atoms with E-state index in [2.05, 4.69) is 28.2 Å². The summed E-state index contributed by atoms with van der Waals surface area (Å²) in [5, 5.41) is 8.00. The fourth-order valence-electron chi connectivity index (χ4n) is 2.73. The monoisotopic (exact) mass is 373 g/mol. The fraction of sp³-hybridized carbons (Fsp3) is 0.421. The van der Waals surface area contributed by atoms with E-state index < -0.39 is 0 Å². The van der Waals surface area contributed by atoms with Crippen molar-refractivity contribution in [3.8, 4) is 0 Å². The van der Waals surface area contributed by atoms with Crippen molar-refractivity contribution in [3.05, 3.63) is 52.8 Å². The number of nitrogens with zero attached hydrogens (tertiary/aromatic N) is 2. The number of carbonyl (C=O) groups excluding carboxylic acids is 1. The van der Waals surface area contributed by atoms with Gasteiger partial charge in [0.25, 0.3) is 5.91 Å². The highest BCUT2D eigenvalue weighted by Gasteiger charge is 2.18. The van der Waals surface area contributed by atoms with E-state index in [1.807, 2.05) is 48.9 Å². The molecule has 2 rings (SSSR count). The molecule has 0 radical (unpaired) electrons. The van der Waals surface area contributed by atoms with Gasteiger partial charge in [0, 0.05) is 12.2 Å². The topological polar surface area (TPSA) is 71.0 Å². The standard InChI is InChI=1S/C19H27N5OS/c1-4-5-9-12-20-19(26)22-21-18(25)17-14(2)23-24(15(17)3)13-16-10-7-6-8-11-16/h6-8,10-11H,4-5,9,12-13H2,1-3H3,(H,21,25)(H2,20,22,26). The maximum atomic E-state index is 12.5. The van der Waals surface area contributed by atoms with E-state index in [9.17, 15) is 4.79 Å². The molecule has 1 heterocycles. The van der Waals surface area contributed by atoms with Gasteiger partial charge in [0.05, 0.1) is 17.8 Å². The number of benzene rings is 1. The Balaban J connectivity index is 1.93. The lowest BCUT2D eigenvalue weighted by molar-refractivity contribution is 0.0942. The van der Waals surface area contributed by atoms with Crippen LogP contribution >= 0.6 is 12.2 Å². The first kappa shape index (κ1) is 19.9. The summed E-state index contributed by atoms with van der Waals surface area (Å²) in [6.45, 7) is 7.32. The molecule has 0 unspecified atom stereocenters. The third kappa shape index (κ3) is 5.56. The van der Waals surface area contributed by atoms with Gasteiger partial charge in [0.1, 0.15) is 0 Å². The second-order valence-electron chi connectivity index (χ2n) is 6.23. The van der Waals surface area contributed by atoms with Gasteiger partial charge >= 0.3 is 0 Å². The highest BCUT2D eigenvalue weighted by atomic mass is 32.1. The first-order chi connectivity index (χ1) is 12.5. The molecule has 0 aliphatic rings. The average molecular weight is 374 g/mol. The van der Waals surface area contributed by atoms with Crippen LogP contribution in [0.5, 0.6) is 0 Å². The van der Waals surface area contributed by atoms with Crippen LogP contribution in [0.2, 0.25) is 0 Å². The van der Waals surface area contributed by atoms with Gasteiger partial charge in [-0.05, 0) is 38.0 Å². The maximum absolute atomic E-state index is 12.5. The molecule has 1 aromatic heterocycles. The second-order valence-corrected chi connectivity index (χ2v) is 6.64. The zero-order valence-corrected chi connectivity index (χ0v) is 16.4. The number of hydrazine groups is 1. The summed E-state index contributed by atoms with van der Waals surface area (Å²) in [6.07, 6.45) is 3.36. The zero-order chi connectivity index (χ0) is 18.9. The zero-order valence-electron chi connectivity index (χ0n) is 15.6. The van der Waals surface area contributed by atoms with Crippen LogP contribution in [-0.2, 0) is 6.54 Å². The van der Waals surface area contributed by atoms with E-state index in [1.54, 1.807) is 0 Å². The highest BCUT2D eigenvalue weighted by Crippen LogP contribution is 2.14. The molecule has 0 saturated heterocycles. The molecule has 1 amide bonds. The van der Waals surface area contributed by atoms with Crippen molar-refractivity contribution < 1.29 is 4.79 Å². The van der Waals surface area contributed by atoms with Gasteiger partial charge in [-0.15, -0.1) is 0 Å². The first-order valence-electron chi connectivity index (χ1n) is 8.95. The number of hydrogen-bond acceptors (Lipinski definition) is 3. The summed E-state index contributed by atoms with van der Waals surface area (Å²) in [5.74, 6) is -0.239. The number of aromatic nitrogens is 2. The quantitative estimate of drug-likeness (QED) is 0.395. The molecule has 6 nitrogen and oxygen atoms in total. The molecule has 0 bridgehead atoms. The molecule has 0 atom stereocenters. The number of aryl methyl sites for hydroxylation is 1. The Morgan fingerprint density at radius 1 is 1.15 bits per heavy atom. The Morgan fingerprint density at radius 2 is 1.88 bits per heavy atom. The summed E-state index contributed by atoms with van der Waals surface area (Å²) >= 11 is 5.17. The molecule has 0 fully saturated rings. The lowest BCUT2D eigenvalue weighted by Gasteiger charge is -2.11. The Labute approximate surface area is 160 Å². The van der Waals surface area contributed by atoms with Gasteiger partial charge < -0.3 is 5.32 Å². The Morgan fingerprint density at radius 3 is 2.58 bits per heavy atom. The maximum Gasteiger partial charge on any atom is 0.273 e. The second kappa shape index (κ2) is 9.91. The van der Waals surface area contributed by atoms with Crippen molar-refractivity contribution in [2.75, 3.05) is 6.54 Å². The molecule has 0 saturated carbocycles. The van der Waals surface area contributed by atoms with Crippen LogP contribution in [0.1, 0.15) is 53.5 Å². The number of amides is 1. The normalized spacial score (nSPS) is 10.4. The molecule has 1 aromatic carbocycles. The van der Waals surface area contributed by atoms with Gasteiger partial charge in [-0.2, -0.15) is 5.10 Å². The smallest absolute Gasteiger partial charge is 0.273 e. The van der Waals surface area contributed by atoms with Crippen LogP contribution in [0, 0.1) is 13.8 Å². The minimum Gasteiger partial charge on any atom is -0.361 e. The third-order valence-corrected chi connectivity index (χ3v) is 4.39. The van der Waals surface area contributed by atoms with Crippen LogP contribution < -0.4 is 16.2 Å². The van der Waals surface area contributed by atoms with Crippen LogP contribution in [-0.4, -0.2) is 27.3 Å². The minimum absolute atomic E-state index is 0.239. The van der Waals surface area contributed by atoms with Crippen molar-refractivity contribution in [1.29, 1.82) is 0 Å². The van der Waals surface area contributed by atoms with Crippen molar-refractivity contribution in [1.82, 2.24) is 25.9 Å². The largest absolute Gasteiger partial charge is 0.361 e. The number of rotatable bonds is 7. The van der Waals surface area contributed by atoms with E-state index in [0.717, 1.165) is 37.1 Å². The number of hydrogen-bond donors (Lipinski definition) is 3. The van der Waals surface area contributed by atoms with Crippen molar-refractivity contribution in [2.45, 2.75) is 46.6 Å². The molecule has 140 valence electrons. The van der Waals surface area contributed by atoms with Gasteiger partial charge in [0.15, 0.2) is 5.11 Å². The summed E-state index contributed by atoms with van der Waals surface area (Å²) in [4.78, 5) is 12.5. The summed E-state index contributed by atoms with van der Waals surface area (Å²) in [7, 11) is 0. The van der Waals surface area contributed by atoms with Crippen LogP contribution in [0.3, 0.4) is 0 Å². The lowest BCUT2D eigenvalue weighted by atomic mass is 10.2. The number of unbranched alkanes of at least 4 members (excludes halogenated alkanes) is 2. The van der Waals surface area contributed by atoms with Gasteiger partial charge in [0.2, 0.25) is 0 Å². The molecule has 3 N–H and O–H groups in total. The molecular weight excluding hydrogens is 346 g/mol. The predicted molar refractivity (Wildman–Crippen MR) is 108 cm³/mol. The van der Waals surface area contributed by atoms with E-state index >= 15 is 0 Å². The summed E-state index contributed by atoms with van der Waals surface area (Å²) in [5.41, 5.74) is 8.64. The SMILES string of the molecule is CCCCCNC(=S)NNC(=O)c1c(C)nn(Cc2ccccc2)c1C. The van der Waals surface area contributed by atoms with Crippen LogP contribution in [0.15, 0.2) is 30.3 Å². The molecule has 7 heteroatoms. The van der Waals surface area contributed by atoms with Crippen molar-refractivity contribution in [3.63, 3.8) is 0 Å². The number of nitrogens with one attached hydrogen (secondary N) is 3. The summed E-state index contributed by atoms with van der Waals surface area (Å²) < 4.78 is 1.85. The predicted octanol–water partition coefficient (Wildman–Crippen LogP) is 2.85. The van der Waals surface area contributed by atoms with Gasteiger partial charge in [-0.25, -0.2) is 0 Å². The van der Waals surface area contributed by atoms with Gasteiger partial charge in [-0.3, -0.25) is 20.3 Å². The van der Waals surface area contributed by atoms with Gasteiger partial charge in [-0.1, -0.05) is 50.1 Å². The summed E-state index contributed by atoms with van der Waals surface area (Å²) in [6, 6.07) is 10.1. The number of carbonyl (C=O) groups is 1.